The number of hydrogen-bond donors (Lipinski definition) is 0. The molecule has 1 saturated heterocycles. The standard InChI is InChI=1S/C31H34FN5O3/c1-5-40-29-14-28(34-16-22(29)15-33)20(3)37-11-9-25-26(24-6-7-30(32)35-19(24)2)12-21(13-27(25)31(37)38)8-10-36(4)23-17-39-18-23/h6-7,12-14,16,20,23H,5,8-11,17-18H2,1-4H3/t20-/m0/s1. The molecule has 0 N–H and O–H groups in total. The van der Waals surface area contributed by atoms with Crippen molar-refractivity contribution in [3.63, 3.8) is 0 Å². The number of aryl methyl sites for hydroxylation is 1. The van der Waals surface area contributed by atoms with Crippen LogP contribution in [0, 0.1) is 24.2 Å². The highest BCUT2D eigenvalue weighted by atomic mass is 19.1. The summed E-state index contributed by atoms with van der Waals surface area (Å²) in [7, 11) is 2.09. The van der Waals surface area contributed by atoms with Crippen LogP contribution in [0.2, 0.25) is 0 Å². The molecule has 4 heterocycles. The molecule has 0 aliphatic carbocycles. The number of aromatic nitrogens is 2. The summed E-state index contributed by atoms with van der Waals surface area (Å²) in [5, 5.41) is 9.41. The van der Waals surface area contributed by atoms with E-state index in [9.17, 15) is 14.4 Å². The van der Waals surface area contributed by atoms with Crippen LogP contribution in [0.4, 0.5) is 4.39 Å². The lowest BCUT2D eigenvalue weighted by Gasteiger charge is -2.35. The van der Waals surface area contributed by atoms with E-state index in [1.54, 1.807) is 19.1 Å². The normalized spacial score (nSPS) is 15.9. The SMILES string of the molecule is CCOc1cc([C@H](C)N2CCc3c(cc(CCN(C)C4COC4)cc3-c3ccc(F)nc3C)C2=O)ncc1C#N. The van der Waals surface area contributed by atoms with Gasteiger partial charge in [-0.05, 0) is 75.5 Å². The number of pyridine rings is 2. The van der Waals surface area contributed by atoms with Crippen LogP contribution < -0.4 is 4.74 Å². The van der Waals surface area contributed by atoms with Gasteiger partial charge in [-0.1, -0.05) is 6.07 Å². The second-order valence-electron chi connectivity index (χ2n) is 10.4. The molecule has 1 aromatic carbocycles. The van der Waals surface area contributed by atoms with Gasteiger partial charge in [0.1, 0.15) is 17.4 Å². The van der Waals surface area contributed by atoms with Crippen LogP contribution in [0.5, 0.6) is 5.75 Å². The number of carbonyl (C=O) groups is 1. The zero-order valence-electron chi connectivity index (χ0n) is 23.4. The Bertz CT molecular complexity index is 1470. The van der Waals surface area contributed by atoms with Crippen molar-refractivity contribution >= 4 is 5.91 Å². The maximum absolute atomic E-state index is 14.1. The summed E-state index contributed by atoms with van der Waals surface area (Å²) in [6.45, 7) is 8.85. The molecule has 1 fully saturated rings. The quantitative estimate of drug-likeness (QED) is 0.367. The third kappa shape index (κ3) is 5.42. The van der Waals surface area contributed by atoms with Crippen molar-refractivity contribution in [1.82, 2.24) is 19.8 Å². The summed E-state index contributed by atoms with van der Waals surface area (Å²) in [4.78, 5) is 26.7. The van der Waals surface area contributed by atoms with Crippen LogP contribution in [0.1, 0.15) is 58.3 Å². The van der Waals surface area contributed by atoms with Crippen molar-refractivity contribution in [1.29, 1.82) is 5.26 Å². The molecule has 5 rings (SSSR count). The van der Waals surface area contributed by atoms with E-state index in [0.717, 1.165) is 48.4 Å². The number of likely N-dealkylation sites (N-methyl/N-ethyl adjacent to an activating group) is 1. The highest BCUT2D eigenvalue weighted by Crippen LogP contribution is 2.36. The molecule has 2 aliphatic rings. The Labute approximate surface area is 234 Å². The first kappa shape index (κ1) is 27.7. The van der Waals surface area contributed by atoms with Gasteiger partial charge in [0, 0.05) is 42.2 Å². The van der Waals surface area contributed by atoms with E-state index in [4.69, 9.17) is 9.47 Å². The Kier molecular flexibility index (Phi) is 8.10. The van der Waals surface area contributed by atoms with Gasteiger partial charge in [0.15, 0.2) is 0 Å². The molecule has 0 saturated carbocycles. The summed E-state index contributed by atoms with van der Waals surface area (Å²) in [5.41, 5.74) is 6.05. The predicted molar refractivity (Wildman–Crippen MR) is 149 cm³/mol. The fourth-order valence-corrected chi connectivity index (χ4v) is 5.41. The van der Waals surface area contributed by atoms with Gasteiger partial charge < -0.3 is 14.4 Å². The number of nitrogens with zero attached hydrogens (tertiary/aromatic N) is 5. The molecule has 3 aromatic rings. The van der Waals surface area contributed by atoms with Crippen LogP contribution in [-0.4, -0.2) is 71.7 Å². The van der Waals surface area contributed by atoms with Gasteiger partial charge in [0.05, 0.1) is 37.6 Å². The van der Waals surface area contributed by atoms with Gasteiger partial charge in [-0.3, -0.25) is 14.7 Å². The first-order chi connectivity index (χ1) is 19.3. The Morgan fingerprint density at radius 2 is 2.02 bits per heavy atom. The minimum Gasteiger partial charge on any atom is -0.492 e. The minimum absolute atomic E-state index is 0.0746. The molecule has 2 aromatic heterocycles. The molecular formula is C31H34FN5O3. The Hall–Kier alpha value is -3.87. The number of amides is 1. The van der Waals surface area contributed by atoms with Gasteiger partial charge in [-0.15, -0.1) is 0 Å². The molecule has 0 spiro atoms. The van der Waals surface area contributed by atoms with Gasteiger partial charge >= 0.3 is 0 Å². The van der Waals surface area contributed by atoms with E-state index in [-0.39, 0.29) is 11.9 Å². The number of fused-ring (bicyclic) bond motifs is 1. The minimum atomic E-state index is -0.520. The second kappa shape index (κ2) is 11.7. The lowest BCUT2D eigenvalue weighted by Crippen LogP contribution is -2.47. The van der Waals surface area contributed by atoms with E-state index in [0.29, 0.717) is 53.9 Å². The van der Waals surface area contributed by atoms with Crippen LogP contribution in [-0.2, 0) is 17.6 Å². The molecule has 9 heteroatoms. The Morgan fingerprint density at radius 3 is 2.70 bits per heavy atom. The maximum atomic E-state index is 14.1. The largest absolute Gasteiger partial charge is 0.492 e. The van der Waals surface area contributed by atoms with E-state index in [2.05, 4.69) is 34.1 Å². The van der Waals surface area contributed by atoms with Crippen LogP contribution in [0.25, 0.3) is 11.1 Å². The lowest BCUT2D eigenvalue weighted by atomic mass is 9.86. The van der Waals surface area contributed by atoms with E-state index >= 15 is 0 Å². The smallest absolute Gasteiger partial charge is 0.254 e. The molecule has 1 amide bonds. The van der Waals surface area contributed by atoms with Crippen LogP contribution >= 0.6 is 0 Å². The molecule has 208 valence electrons. The molecule has 1 atom stereocenters. The van der Waals surface area contributed by atoms with Gasteiger partial charge in [0.2, 0.25) is 5.95 Å². The summed E-state index contributed by atoms with van der Waals surface area (Å²) in [6.07, 6.45) is 2.91. The van der Waals surface area contributed by atoms with E-state index < -0.39 is 5.95 Å². The average molecular weight is 544 g/mol. The molecule has 0 unspecified atom stereocenters. The maximum Gasteiger partial charge on any atom is 0.254 e. The summed E-state index contributed by atoms with van der Waals surface area (Å²) in [5.74, 6) is -0.126. The highest BCUT2D eigenvalue weighted by Gasteiger charge is 2.32. The molecule has 2 aliphatic heterocycles. The number of ether oxygens (including phenoxy) is 2. The molecule has 8 nitrogen and oxygen atoms in total. The Morgan fingerprint density at radius 1 is 1.25 bits per heavy atom. The number of halogens is 1. The van der Waals surface area contributed by atoms with E-state index in [1.807, 2.05) is 24.8 Å². The van der Waals surface area contributed by atoms with Crippen LogP contribution in [0.3, 0.4) is 0 Å². The number of carbonyl (C=O) groups excluding carboxylic acids is 1. The van der Waals surface area contributed by atoms with Gasteiger partial charge in [0.25, 0.3) is 5.91 Å². The second-order valence-corrected chi connectivity index (χ2v) is 10.4. The zero-order chi connectivity index (χ0) is 28.4. The van der Waals surface area contributed by atoms with E-state index in [1.165, 1.54) is 12.3 Å². The number of benzene rings is 1. The fraction of sp³-hybridized carbons (Fsp3) is 0.419. The summed E-state index contributed by atoms with van der Waals surface area (Å²) < 4.78 is 24.9. The molecular weight excluding hydrogens is 509 g/mol. The average Bonchev–Trinajstić information content (AvgIpc) is 2.91. The van der Waals surface area contributed by atoms with Crippen molar-refractivity contribution in [2.24, 2.45) is 0 Å². The number of rotatable bonds is 9. The Balaban J connectivity index is 1.50. The predicted octanol–water partition coefficient (Wildman–Crippen LogP) is 4.49. The summed E-state index contributed by atoms with van der Waals surface area (Å²) >= 11 is 0. The number of hydrogen-bond acceptors (Lipinski definition) is 7. The first-order valence-corrected chi connectivity index (χ1v) is 13.7. The summed E-state index contributed by atoms with van der Waals surface area (Å²) in [6, 6.07) is 11.2. The first-order valence-electron chi connectivity index (χ1n) is 13.7. The fourth-order valence-electron chi connectivity index (χ4n) is 5.41. The third-order valence-electron chi connectivity index (χ3n) is 7.95. The van der Waals surface area contributed by atoms with Crippen molar-refractivity contribution in [2.45, 2.75) is 45.7 Å². The number of nitriles is 1. The van der Waals surface area contributed by atoms with Crippen molar-refractivity contribution in [2.75, 3.05) is 40.0 Å². The monoisotopic (exact) mass is 543 g/mol. The highest BCUT2D eigenvalue weighted by molar-refractivity contribution is 5.99. The van der Waals surface area contributed by atoms with Crippen molar-refractivity contribution < 1.29 is 18.7 Å². The topological polar surface area (TPSA) is 91.6 Å². The van der Waals surface area contributed by atoms with Crippen molar-refractivity contribution in [3.8, 4) is 22.9 Å². The molecule has 0 radical (unpaired) electrons. The van der Waals surface area contributed by atoms with Gasteiger partial charge in [-0.2, -0.15) is 9.65 Å². The van der Waals surface area contributed by atoms with Gasteiger partial charge in [-0.25, -0.2) is 4.98 Å². The molecule has 0 bridgehead atoms. The lowest BCUT2D eigenvalue weighted by molar-refractivity contribution is -0.0555. The third-order valence-corrected chi connectivity index (χ3v) is 7.95. The van der Waals surface area contributed by atoms with Crippen molar-refractivity contribution in [3.05, 3.63) is 76.1 Å². The zero-order valence-corrected chi connectivity index (χ0v) is 23.4. The van der Waals surface area contributed by atoms with Crippen LogP contribution in [0.15, 0.2) is 36.5 Å². The molecule has 40 heavy (non-hydrogen) atoms.